The van der Waals surface area contributed by atoms with E-state index in [2.05, 4.69) is 25.7 Å². The third-order valence-electron chi connectivity index (χ3n) is 3.85. The van der Waals surface area contributed by atoms with Gasteiger partial charge in [0.25, 0.3) is 0 Å². The first-order valence-electron chi connectivity index (χ1n) is 7.95. The summed E-state index contributed by atoms with van der Waals surface area (Å²) in [4.78, 5) is 4.49. The third-order valence-corrected chi connectivity index (χ3v) is 6.27. The topological polar surface area (TPSA) is 76.7 Å². The highest BCUT2D eigenvalue weighted by atomic mass is 35.5. The number of benzene rings is 1. The molecule has 3 aromatic rings. The first-order valence-corrected chi connectivity index (χ1v) is 10.0. The summed E-state index contributed by atoms with van der Waals surface area (Å²) < 4.78 is 6.22. The van der Waals surface area contributed by atoms with Gasteiger partial charge in [-0.3, -0.25) is 0 Å². The standard InChI is InChI=1S/C16H16ClN5OS2/c1-8-3-6-11(7-12(8)17)18-15-20-21-16(25-15)24-9(2)14-19-13(22-23-14)10-4-5-10/h3,6-7,9-10H,4-5H2,1-2H3,(H,18,20). The summed E-state index contributed by atoms with van der Waals surface area (Å²) in [6.07, 6.45) is 2.32. The van der Waals surface area contributed by atoms with Crippen molar-refractivity contribution >= 4 is 45.5 Å². The van der Waals surface area contributed by atoms with Gasteiger partial charge in [-0.25, -0.2) is 0 Å². The molecule has 1 atom stereocenters. The van der Waals surface area contributed by atoms with Crippen molar-refractivity contribution in [3.05, 3.63) is 40.5 Å². The zero-order chi connectivity index (χ0) is 17.4. The quantitative estimate of drug-likeness (QED) is 0.565. The maximum absolute atomic E-state index is 6.15. The van der Waals surface area contributed by atoms with Gasteiger partial charge in [-0.2, -0.15) is 4.98 Å². The summed E-state index contributed by atoms with van der Waals surface area (Å²) in [6, 6.07) is 5.82. The Morgan fingerprint density at radius 1 is 1.36 bits per heavy atom. The van der Waals surface area contributed by atoms with Crippen LogP contribution in [0.5, 0.6) is 0 Å². The Balaban J connectivity index is 1.40. The van der Waals surface area contributed by atoms with Gasteiger partial charge in [-0.05, 0) is 44.4 Å². The van der Waals surface area contributed by atoms with Gasteiger partial charge in [0.05, 0.1) is 5.25 Å². The Kier molecular flexibility index (Phi) is 4.66. The van der Waals surface area contributed by atoms with E-state index < -0.39 is 0 Å². The molecule has 4 rings (SSSR count). The molecule has 0 aliphatic heterocycles. The second kappa shape index (κ2) is 6.93. The van der Waals surface area contributed by atoms with Crippen LogP contribution in [0.4, 0.5) is 10.8 Å². The molecular weight excluding hydrogens is 378 g/mol. The molecular formula is C16H16ClN5OS2. The zero-order valence-corrected chi connectivity index (χ0v) is 16.1. The van der Waals surface area contributed by atoms with Crippen LogP contribution in [0.3, 0.4) is 0 Å². The van der Waals surface area contributed by atoms with Crippen molar-refractivity contribution in [2.45, 2.75) is 42.2 Å². The van der Waals surface area contributed by atoms with Crippen LogP contribution in [0, 0.1) is 6.92 Å². The van der Waals surface area contributed by atoms with Crippen molar-refractivity contribution in [1.29, 1.82) is 0 Å². The molecule has 6 nitrogen and oxygen atoms in total. The van der Waals surface area contributed by atoms with E-state index in [0.29, 0.717) is 11.8 Å². The Morgan fingerprint density at radius 3 is 2.96 bits per heavy atom. The number of hydrogen-bond acceptors (Lipinski definition) is 8. The van der Waals surface area contributed by atoms with Gasteiger partial charge in [-0.1, -0.05) is 45.9 Å². The second-order valence-electron chi connectivity index (χ2n) is 5.99. The summed E-state index contributed by atoms with van der Waals surface area (Å²) in [5.41, 5.74) is 1.93. The van der Waals surface area contributed by atoms with Crippen LogP contribution in [0.1, 0.15) is 48.2 Å². The second-order valence-corrected chi connectivity index (χ2v) is 8.96. The first kappa shape index (κ1) is 16.8. The minimum atomic E-state index is 0.0367. The molecule has 1 fully saturated rings. The molecule has 0 spiro atoms. The van der Waals surface area contributed by atoms with Gasteiger partial charge in [-0.15, -0.1) is 10.2 Å². The van der Waals surface area contributed by atoms with E-state index in [1.165, 1.54) is 11.3 Å². The van der Waals surface area contributed by atoms with Crippen LogP contribution in [-0.2, 0) is 0 Å². The number of anilines is 2. The first-order chi connectivity index (χ1) is 12.1. The number of hydrogen-bond donors (Lipinski definition) is 1. The fourth-order valence-electron chi connectivity index (χ4n) is 2.22. The fourth-order valence-corrected chi connectivity index (χ4v) is 4.35. The Morgan fingerprint density at radius 2 is 2.20 bits per heavy atom. The Hall–Kier alpha value is -1.64. The predicted octanol–water partition coefficient (Wildman–Crippen LogP) is 5.36. The molecule has 2 aromatic heterocycles. The van der Waals surface area contributed by atoms with Crippen molar-refractivity contribution in [3.8, 4) is 0 Å². The van der Waals surface area contributed by atoms with Crippen molar-refractivity contribution in [3.63, 3.8) is 0 Å². The van der Waals surface area contributed by atoms with Gasteiger partial charge >= 0.3 is 0 Å². The largest absolute Gasteiger partial charge is 0.338 e. The van der Waals surface area contributed by atoms with E-state index in [1.807, 2.05) is 32.0 Å². The molecule has 1 N–H and O–H groups in total. The summed E-state index contributed by atoms with van der Waals surface area (Å²) in [5, 5.41) is 17.2. The van der Waals surface area contributed by atoms with E-state index in [0.717, 1.165) is 44.4 Å². The van der Waals surface area contributed by atoms with Crippen LogP contribution in [0.15, 0.2) is 27.1 Å². The molecule has 0 amide bonds. The number of nitrogens with zero attached hydrogens (tertiary/aromatic N) is 4. The lowest BCUT2D eigenvalue weighted by Crippen LogP contribution is -1.90. The Labute approximate surface area is 158 Å². The molecule has 2 heterocycles. The summed E-state index contributed by atoms with van der Waals surface area (Å²) in [7, 11) is 0. The highest BCUT2D eigenvalue weighted by Gasteiger charge is 2.30. The van der Waals surface area contributed by atoms with Crippen molar-refractivity contribution in [1.82, 2.24) is 20.3 Å². The average molecular weight is 394 g/mol. The van der Waals surface area contributed by atoms with Gasteiger partial charge in [0, 0.05) is 16.6 Å². The number of nitrogens with one attached hydrogen (secondary N) is 1. The van der Waals surface area contributed by atoms with Gasteiger partial charge < -0.3 is 9.84 Å². The average Bonchev–Trinajstić information content (AvgIpc) is 3.15. The monoisotopic (exact) mass is 393 g/mol. The third kappa shape index (κ3) is 3.96. The maximum atomic E-state index is 6.15. The summed E-state index contributed by atoms with van der Waals surface area (Å²) in [6.45, 7) is 4.00. The van der Waals surface area contributed by atoms with Crippen LogP contribution in [-0.4, -0.2) is 20.3 Å². The van der Waals surface area contributed by atoms with E-state index in [4.69, 9.17) is 16.1 Å². The van der Waals surface area contributed by atoms with E-state index in [1.54, 1.807) is 11.8 Å². The molecule has 1 unspecified atom stereocenters. The minimum Gasteiger partial charge on any atom is -0.338 e. The number of halogens is 1. The maximum Gasteiger partial charge on any atom is 0.239 e. The van der Waals surface area contributed by atoms with Crippen molar-refractivity contribution in [2.75, 3.05) is 5.32 Å². The van der Waals surface area contributed by atoms with Crippen molar-refractivity contribution < 1.29 is 4.52 Å². The molecule has 130 valence electrons. The SMILES string of the molecule is Cc1ccc(Nc2nnc(SC(C)c3nc(C4CC4)no3)s2)cc1Cl. The number of aryl methyl sites for hydroxylation is 1. The van der Waals surface area contributed by atoms with Crippen LogP contribution in [0.25, 0.3) is 0 Å². The van der Waals surface area contributed by atoms with Crippen LogP contribution in [0.2, 0.25) is 5.02 Å². The smallest absolute Gasteiger partial charge is 0.239 e. The normalized spacial score (nSPS) is 15.3. The number of thioether (sulfide) groups is 1. The van der Waals surface area contributed by atoms with E-state index >= 15 is 0 Å². The molecule has 0 bridgehead atoms. The molecule has 1 aliphatic rings. The number of aromatic nitrogens is 4. The van der Waals surface area contributed by atoms with Gasteiger partial charge in [0.1, 0.15) is 0 Å². The molecule has 25 heavy (non-hydrogen) atoms. The predicted molar refractivity (Wildman–Crippen MR) is 99.9 cm³/mol. The van der Waals surface area contributed by atoms with Crippen LogP contribution < -0.4 is 5.32 Å². The highest BCUT2D eigenvalue weighted by molar-refractivity contribution is 8.01. The molecule has 9 heteroatoms. The molecule has 1 aromatic carbocycles. The van der Waals surface area contributed by atoms with Crippen LogP contribution >= 0.6 is 34.7 Å². The summed E-state index contributed by atoms with van der Waals surface area (Å²) in [5.74, 6) is 1.97. The van der Waals surface area contributed by atoms with E-state index in [9.17, 15) is 0 Å². The number of rotatable bonds is 6. The minimum absolute atomic E-state index is 0.0367. The molecule has 1 saturated carbocycles. The lowest BCUT2D eigenvalue weighted by atomic mass is 10.2. The molecule has 0 saturated heterocycles. The zero-order valence-electron chi connectivity index (χ0n) is 13.7. The molecule has 1 aliphatic carbocycles. The lowest BCUT2D eigenvalue weighted by Gasteiger charge is -2.04. The Bertz CT molecular complexity index is 892. The van der Waals surface area contributed by atoms with Gasteiger partial charge in [0.15, 0.2) is 10.2 Å². The fraction of sp³-hybridized carbons (Fsp3) is 0.375. The van der Waals surface area contributed by atoms with E-state index in [-0.39, 0.29) is 5.25 Å². The lowest BCUT2D eigenvalue weighted by molar-refractivity contribution is 0.375. The van der Waals surface area contributed by atoms with Gasteiger partial charge in [0.2, 0.25) is 11.0 Å². The highest BCUT2D eigenvalue weighted by Crippen LogP contribution is 2.41. The summed E-state index contributed by atoms with van der Waals surface area (Å²) >= 11 is 9.20. The molecule has 0 radical (unpaired) electrons. The van der Waals surface area contributed by atoms with Crippen molar-refractivity contribution in [2.24, 2.45) is 0 Å².